The minimum atomic E-state index is -1.30. The highest BCUT2D eigenvalue weighted by atomic mass is 79.9. The number of nitrogens with zero attached hydrogens (tertiary/aromatic N) is 3. The summed E-state index contributed by atoms with van der Waals surface area (Å²) in [4.78, 5) is 14.2. The van der Waals surface area contributed by atoms with Crippen molar-refractivity contribution in [3.63, 3.8) is 0 Å². The Bertz CT molecular complexity index is 622. The van der Waals surface area contributed by atoms with Gasteiger partial charge in [-0.2, -0.15) is 0 Å². The molecule has 2 aromatic rings. The highest BCUT2D eigenvalue weighted by molar-refractivity contribution is 5.39. The maximum Gasteiger partial charge on any atom is 0.394 e. The number of benzene rings is 1. The third-order valence-electron chi connectivity index (χ3n) is 3.09. The van der Waals surface area contributed by atoms with Gasteiger partial charge in [-0.15, -0.1) is 0 Å². The predicted molar refractivity (Wildman–Crippen MR) is 65.0 cm³/mol. The summed E-state index contributed by atoms with van der Waals surface area (Å²) >= 11 is 0. The van der Waals surface area contributed by atoms with Crippen LogP contribution in [0.25, 0.3) is 0 Å². The van der Waals surface area contributed by atoms with E-state index in [-0.39, 0.29) is 22.7 Å². The van der Waals surface area contributed by atoms with Crippen molar-refractivity contribution in [2.45, 2.75) is 12.3 Å². The monoisotopic (exact) mass is 338 g/mol. The molecular weight excluding hydrogens is 328 g/mol. The summed E-state index contributed by atoms with van der Waals surface area (Å²) in [5.41, 5.74) is -0.742. The Kier molecular flexibility index (Phi) is 3.69. The summed E-state index contributed by atoms with van der Waals surface area (Å²) in [5.74, 6) is 0.559. The van der Waals surface area contributed by atoms with Crippen LogP contribution in [0.2, 0.25) is 0 Å². The highest BCUT2D eigenvalue weighted by Crippen LogP contribution is 2.27. The number of halogens is 1. The molecule has 0 bridgehead atoms. The SMILES string of the molecule is O=[N+]([O-])c1ccc(C2(O)C[n+]3cccnc3N2)cc1.[Br-]. The van der Waals surface area contributed by atoms with Crippen molar-refractivity contribution in [2.75, 3.05) is 5.32 Å². The normalized spacial score (nSPS) is 19.6. The standard InChI is InChI=1S/C12H10N4O3.BrH/c17-12(8-15-7-1-6-13-11(15)14-12)9-2-4-10(5-3-9)16(18)19;/h1-7,17H,8H2;1H. The van der Waals surface area contributed by atoms with Crippen LogP contribution in [-0.4, -0.2) is 15.0 Å². The van der Waals surface area contributed by atoms with Crippen LogP contribution >= 0.6 is 0 Å². The van der Waals surface area contributed by atoms with Crippen LogP contribution < -0.4 is 26.9 Å². The maximum absolute atomic E-state index is 10.6. The summed E-state index contributed by atoms with van der Waals surface area (Å²) < 4.78 is 1.78. The second kappa shape index (κ2) is 5.14. The van der Waals surface area contributed by atoms with Gasteiger partial charge in [0.2, 0.25) is 5.72 Å². The van der Waals surface area contributed by atoms with Crippen LogP contribution in [0.4, 0.5) is 11.6 Å². The molecule has 1 unspecified atom stereocenters. The van der Waals surface area contributed by atoms with Gasteiger partial charge in [0.15, 0.2) is 0 Å². The van der Waals surface area contributed by atoms with Crippen molar-refractivity contribution in [3.8, 4) is 0 Å². The zero-order valence-electron chi connectivity index (χ0n) is 10.2. The van der Waals surface area contributed by atoms with E-state index in [0.29, 0.717) is 18.1 Å². The molecule has 0 radical (unpaired) electrons. The fourth-order valence-electron chi connectivity index (χ4n) is 2.13. The summed E-state index contributed by atoms with van der Waals surface area (Å²) in [7, 11) is 0. The number of rotatable bonds is 2. The van der Waals surface area contributed by atoms with E-state index in [1.165, 1.54) is 24.3 Å². The number of anilines is 1. The first-order valence-electron chi connectivity index (χ1n) is 5.68. The molecule has 0 saturated carbocycles. The molecule has 0 fully saturated rings. The Balaban J connectivity index is 0.00000147. The van der Waals surface area contributed by atoms with Gasteiger partial charge in [0.25, 0.3) is 5.69 Å². The van der Waals surface area contributed by atoms with Crippen LogP contribution in [0.3, 0.4) is 0 Å². The molecule has 104 valence electrons. The van der Waals surface area contributed by atoms with Gasteiger partial charge in [-0.3, -0.25) is 10.1 Å². The number of fused-ring (bicyclic) bond motifs is 1. The number of nitro groups is 1. The van der Waals surface area contributed by atoms with E-state index in [1.807, 2.05) is 0 Å². The molecule has 3 rings (SSSR count). The van der Waals surface area contributed by atoms with Crippen LogP contribution in [0.15, 0.2) is 42.7 Å². The van der Waals surface area contributed by atoms with E-state index in [0.717, 1.165) is 0 Å². The number of aromatic nitrogens is 2. The molecule has 20 heavy (non-hydrogen) atoms. The quantitative estimate of drug-likeness (QED) is 0.360. The molecule has 1 aliphatic heterocycles. The van der Waals surface area contributed by atoms with Gasteiger partial charge in [0.1, 0.15) is 12.7 Å². The zero-order chi connectivity index (χ0) is 13.5. The van der Waals surface area contributed by atoms with E-state index in [2.05, 4.69) is 10.3 Å². The van der Waals surface area contributed by atoms with E-state index >= 15 is 0 Å². The largest absolute Gasteiger partial charge is 1.00 e. The first kappa shape index (κ1) is 14.4. The molecule has 0 saturated heterocycles. The molecule has 0 aliphatic carbocycles. The lowest BCUT2D eigenvalue weighted by Gasteiger charge is -2.17. The first-order chi connectivity index (χ1) is 9.08. The van der Waals surface area contributed by atoms with Crippen molar-refractivity contribution in [1.29, 1.82) is 0 Å². The lowest BCUT2D eigenvalue weighted by Crippen LogP contribution is -3.00. The number of hydrogen-bond donors (Lipinski definition) is 2. The van der Waals surface area contributed by atoms with Crippen LogP contribution in [0.1, 0.15) is 5.56 Å². The molecule has 1 atom stereocenters. The average molecular weight is 339 g/mol. The fourth-order valence-corrected chi connectivity index (χ4v) is 2.13. The lowest BCUT2D eigenvalue weighted by molar-refractivity contribution is -0.685. The Morgan fingerprint density at radius 2 is 2.10 bits per heavy atom. The molecule has 0 amide bonds. The van der Waals surface area contributed by atoms with Crippen molar-refractivity contribution in [1.82, 2.24) is 4.98 Å². The van der Waals surface area contributed by atoms with Crippen LogP contribution in [0, 0.1) is 10.1 Å². The number of aliphatic hydroxyl groups is 1. The minimum Gasteiger partial charge on any atom is -1.00 e. The molecule has 1 aromatic heterocycles. The predicted octanol–water partition coefficient (Wildman–Crippen LogP) is -2.45. The van der Waals surface area contributed by atoms with Crippen molar-refractivity contribution in [3.05, 3.63) is 58.4 Å². The van der Waals surface area contributed by atoms with Gasteiger partial charge in [-0.25, -0.2) is 9.88 Å². The molecule has 1 aliphatic rings. The van der Waals surface area contributed by atoms with E-state index in [9.17, 15) is 15.2 Å². The van der Waals surface area contributed by atoms with Crippen molar-refractivity contribution in [2.24, 2.45) is 0 Å². The summed E-state index contributed by atoms with van der Waals surface area (Å²) in [6, 6.07) is 7.59. The molecule has 0 spiro atoms. The number of hydrogen-bond acceptors (Lipinski definition) is 5. The van der Waals surface area contributed by atoms with Gasteiger partial charge >= 0.3 is 5.95 Å². The van der Waals surface area contributed by atoms with E-state index in [4.69, 9.17) is 0 Å². The van der Waals surface area contributed by atoms with Gasteiger partial charge < -0.3 is 22.1 Å². The van der Waals surface area contributed by atoms with E-state index in [1.54, 1.807) is 23.0 Å². The first-order valence-corrected chi connectivity index (χ1v) is 5.68. The fraction of sp³-hybridized carbons (Fsp3) is 0.167. The lowest BCUT2D eigenvalue weighted by atomic mass is 10.0. The molecular formula is C12H11BrN4O3. The van der Waals surface area contributed by atoms with Gasteiger partial charge in [-0.1, -0.05) is 4.98 Å². The molecule has 2 heterocycles. The molecule has 8 heteroatoms. The number of nitro benzene ring substituents is 1. The number of non-ortho nitro benzene ring substituents is 1. The Morgan fingerprint density at radius 1 is 1.40 bits per heavy atom. The van der Waals surface area contributed by atoms with Crippen LogP contribution in [0.5, 0.6) is 0 Å². The Morgan fingerprint density at radius 3 is 2.70 bits per heavy atom. The van der Waals surface area contributed by atoms with E-state index < -0.39 is 10.6 Å². The summed E-state index contributed by atoms with van der Waals surface area (Å²) in [6.07, 6.45) is 3.43. The Hall–Kier alpha value is -2.06. The smallest absolute Gasteiger partial charge is 0.394 e. The maximum atomic E-state index is 10.6. The van der Waals surface area contributed by atoms with Crippen LogP contribution in [-0.2, 0) is 12.3 Å². The zero-order valence-corrected chi connectivity index (χ0v) is 11.8. The summed E-state index contributed by atoms with van der Waals surface area (Å²) in [6.45, 7) is 0.300. The third kappa shape index (κ3) is 2.35. The van der Waals surface area contributed by atoms with Crippen molar-refractivity contribution >= 4 is 11.6 Å². The number of nitrogens with one attached hydrogen (secondary N) is 1. The second-order valence-corrected chi connectivity index (χ2v) is 4.36. The second-order valence-electron chi connectivity index (χ2n) is 4.36. The van der Waals surface area contributed by atoms with Gasteiger partial charge in [0, 0.05) is 23.8 Å². The summed E-state index contributed by atoms with van der Waals surface area (Å²) in [5, 5.41) is 24.1. The molecule has 7 nitrogen and oxygen atoms in total. The Labute approximate surface area is 124 Å². The van der Waals surface area contributed by atoms with Gasteiger partial charge in [-0.05, 0) is 12.1 Å². The van der Waals surface area contributed by atoms with Gasteiger partial charge in [0.05, 0.1) is 11.1 Å². The highest BCUT2D eigenvalue weighted by Gasteiger charge is 2.43. The average Bonchev–Trinajstić information content (AvgIpc) is 2.76. The third-order valence-corrected chi connectivity index (χ3v) is 3.09. The molecule has 2 N–H and O–H groups in total. The topological polar surface area (TPSA) is 92.2 Å². The molecule has 1 aromatic carbocycles. The minimum absolute atomic E-state index is 0. The van der Waals surface area contributed by atoms with Crippen molar-refractivity contribution < 1.29 is 31.6 Å².